The number of benzene rings is 2. The summed E-state index contributed by atoms with van der Waals surface area (Å²) in [6.45, 7) is 7.50. The zero-order chi connectivity index (χ0) is 34.8. The van der Waals surface area contributed by atoms with Gasteiger partial charge in [0.1, 0.15) is 23.8 Å². The highest BCUT2D eigenvalue weighted by Gasteiger charge is 2.36. The third-order valence-electron chi connectivity index (χ3n) is 10.3. The number of hydrogen-bond acceptors (Lipinski definition) is 5. The van der Waals surface area contributed by atoms with Crippen molar-refractivity contribution in [3.8, 4) is 17.2 Å². The van der Waals surface area contributed by atoms with Gasteiger partial charge < -0.3 is 19.1 Å². The van der Waals surface area contributed by atoms with Crippen LogP contribution in [-0.2, 0) is 6.54 Å². The number of hydrogen-bond donors (Lipinski definition) is 1. The average Bonchev–Trinajstić information content (AvgIpc) is 3.08. The van der Waals surface area contributed by atoms with Crippen LogP contribution in [0.3, 0.4) is 0 Å². The Hall–Kier alpha value is -2.86. The molecule has 1 aliphatic rings. The van der Waals surface area contributed by atoms with Gasteiger partial charge in [-0.25, -0.2) is 0 Å². The van der Waals surface area contributed by atoms with Crippen LogP contribution in [0, 0.1) is 0 Å². The highest BCUT2D eigenvalue weighted by Crippen LogP contribution is 2.40. The van der Waals surface area contributed by atoms with Gasteiger partial charge in [-0.15, -0.1) is 0 Å². The molecule has 0 heterocycles. The molecule has 0 fully saturated rings. The summed E-state index contributed by atoms with van der Waals surface area (Å²) in [6.07, 6.45) is 26.4. The second-order valence-corrected chi connectivity index (χ2v) is 14.5. The first-order valence-corrected chi connectivity index (χ1v) is 19.3. The standard InChI is InChI=1S/C42H65NO5/c1-6-8-10-12-14-16-18-20-22-24-26-43(3,27-25-23-21-19-17-15-13-11-9-7-2)32-33-28-35-40(38(29-33)48-5)42(46)39-36(41(35)45)30-34(47-4)31-37(39)44/h28-31H,6-27,32H2,1-5H3/p+1. The minimum atomic E-state index is -0.392. The van der Waals surface area contributed by atoms with E-state index in [2.05, 4.69) is 20.9 Å². The Labute approximate surface area is 292 Å². The largest absolute Gasteiger partial charge is 0.507 e. The van der Waals surface area contributed by atoms with Crippen LogP contribution in [0.1, 0.15) is 180 Å². The zero-order valence-electron chi connectivity index (χ0n) is 31.1. The van der Waals surface area contributed by atoms with Crippen molar-refractivity contribution in [2.24, 2.45) is 0 Å². The maximum Gasteiger partial charge on any atom is 0.201 e. The number of nitrogens with zero attached hydrogens (tertiary/aromatic N) is 1. The van der Waals surface area contributed by atoms with Gasteiger partial charge in [-0.1, -0.05) is 117 Å². The van der Waals surface area contributed by atoms with Crippen molar-refractivity contribution in [2.75, 3.05) is 34.4 Å². The number of ketones is 2. The number of carbonyl (C=O) groups is 2. The lowest BCUT2D eigenvalue weighted by Crippen LogP contribution is -2.45. The molecule has 0 unspecified atom stereocenters. The Balaban J connectivity index is 1.68. The SMILES string of the molecule is CCCCCCCCCCCC[N+](C)(CCCCCCCCCCCC)Cc1cc(OC)c2c(c1)C(=O)c1cc(OC)cc(O)c1C2=O. The summed E-state index contributed by atoms with van der Waals surface area (Å²) in [5.41, 5.74) is 1.78. The van der Waals surface area contributed by atoms with Crippen molar-refractivity contribution >= 4 is 11.6 Å². The second kappa shape index (κ2) is 21.3. The maximum absolute atomic E-state index is 13.8. The molecule has 0 saturated carbocycles. The second-order valence-electron chi connectivity index (χ2n) is 14.5. The van der Waals surface area contributed by atoms with E-state index < -0.39 is 5.78 Å². The number of carbonyl (C=O) groups excluding carboxylic acids is 2. The van der Waals surface area contributed by atoms with E-state index in [0.29, 0.717) is 17.1 Å². The minimum absolute atomic E-state index is 0.0156. The summed E-state index contributed by atoms with van der Waals surface area (Å²) >= 11 is 0. The molecule has 6 nitrogen and oxygen atoms in total. The first-order chi connectivity index (χ1) is 23.3. The predicted molar refractivity (Wildman–Crippen MR) is 198 cm³/mol. The summed E-state index contributed by atoms with van der Waals surface area (Å²) in [6, 6.07) is 6.75. The Morgan fingerprint density at radius 1 is 0.562 bits per heavy atom. The van der Waals surface area contributed by atoms with Crippen molar-refractivity contribution in [2.45, 2.75) is 149 Å². The molecule has 2 aromatic carbocycles. The van der Waals surface area contributed by atoms with Crippen LogP contribution in [0.25, 0.3) is 0 Å². The quantitative estimate of drug-likeness (QED) is 0.0683. The third-order valence-corrected chi connectivity index (χ3v) is 10.3. The van der Waals surface area contributed by atoms with Gasteiger partial charge in [-0.05, 0) is 43.9 Å². The van der Waals surface area contributed by atoms with Crippen LogP contribution >= 0.6 is 0 Å². The van der Waals surface area contributed by atoms with E-state index in [1.807, 2.05) is 12.1 Å². The Morgan fingerprint density at radius 3 is 1.48 bits per heavy atom. The first kappa shape index (κ1) is 39.6. The van der Waals surface area contributed by atoms with Gasteiger partial charge in [-0.3, -0.25) is 9.59 Å². The number of ether oxygens (including phenoxy) is 2. The van der Waals surface area contributed by atoms with E-state index in [-0.39, 0.29) is 28.2 Å². The van der Waals surface area contributed by atoms with E-state index in [0.717, 1.165) is 29.7 Å². The van der Waals surface area contributed by atoms with Crippen LogP contribution in [0.4, 0.5) is 0 Å². The lowest BCUT2D eigenvalue weighted by molar-refractivity contribution is -0.923. The smallest absolute Gasteiger partial charge is 0.201 e. The Morgan fingerprint density at radius 2 is 1.02 bits per heavy atom. The lowest BCUT2D eigenvalue weighted by Gasteiger charge is -2.35. The van der Waals surface area contributed by atoms with Gasteiger partial charge in [-0.2, -0.15) is 0 Å². The molecule has 0 spiro atoms. The summed E-state index contributed by atoms with van der Waals surface area (Å²) in [7, 11) is 5.38. The number of methoxy groups -OCH3 is 2. The van der Waals surface area contributed by atoms with E-state index in [4.69, 9.17) is 9.47 Å². The van der Waals surface area contributed by atoms with Crippen LogP contribution in [0.15, 0.2) is 24.3 Å². The molecule has 0 atom stereocenters. The number of phenolic OH excluding ortho intramolecular Hbond substituents is 1. The molecule has 0 aromatic heterocycles. The molecule has 0 bridgehead atoms. The number of quaternary nitrogens is 1. The monoisotopic (exact) mass is 664 g/mol. The highest BCUT2D eigenvalue weighted by atomic mass is 16.5. The van der Waals surface area contributed by atoms with E-state index in [1.165, 1.54) is 142 Å². The number of rotatable bonds is 26. The van der Waals surface area contributed by atoms with Gasteiger partial charge in [0.05, 0.1) is 45.5 Å². The minimum Gasteiger partial charge on any atom is -0.507 e. The molecule has 0 saturated heterocycles. The van der Waals surface area contributed by atoms with Crippen LogP contribution in [-0.4, -0.2) is 55.5 Å². The van der Waals surface area contributed by atoms with Crippen molar-refractivity contribution in [3.05, 3.63) is 52.1 Å². The summed E-state index contributed by atoms with van der Waals surface area (Å²) in [5.74, 6) is -0.192. The van der Waals surface area contributed by atoms with E-state index >= 15 is 0 Å². The van der Waals surface area contributed by atoms with Crippen molar-refractivity contribution in [1.82, 2.24) is 0 Å². The number of aromatic hydroxyl groups is 1. The molecule has 0 radical (unpaired) electrons. The normalized spacial score (nSPS) is 12.7. The summed E-state index contributed by atoms with van der Waals surface area (Å²) < 4.78 is 11.9. The Bertz CT molecular complexity index is 1260. The fourth-order valence-electron chi connectivity index (χ4n) is 7.42. The van der Waals surface area contributed by atoms with Crippen LogP contribution in [0.2, 0.25) is 0 Å². The first-order valence-electron chi connectivity index (χ1n) is 19.3. The molecule has 3 rings (SSSR count). The fraction of sp³-hybridized carbons (Fsp3) is 0.667. The summed E-state index contributed by atoms with van der Waals surface area (Å²) in [4.78, 5) is 27.5. The number of unbranched alkanes of at least 4 members (excludes halogenated alkanes) is 18. The average molecular weight is 665 g/mol. The lowest BCUT2D eigenvalue weighted by atomic mass is 9.82. The molecule has 2 aromatic rings. The van der Waals surface area contributed by atoms with Crippen molar-refractivity contribution < 1.29 is 28.7 Å². The number of fused-ring (bicyclic) bond motifs is 2. The number of phenols is 1. The van der Waals surface area contributed by atoms with E-state index in [9.17, 15) is 14.7 Å². The molecule has 6 heteroatoms. The topological polar surface area (TPSA) is 72.8 Å². The van der Waals surface area contributed by atoms with Gasteiger partial charge in [0.2, 0.25) is 5.78 Å². The Kier molecular flexibility index (Phi) is 17.5. The van der Waals surface area contributed by atoms with Gasteiger partial charge in [0.25, 0.3) is 0 Å². The molecule has 48 heavy (non-hydrogen) atoms. The molecule has 0 amide bonds. The van der Waals surface area contributed by atoms with Gasteiger partial charge >= 0.3 is 0 Å². The molecule has 1 N–H and O–H groups in total. The molecule has 268 valence electrons. The van der Waals surface area contributed by atoms with Crippen LogP contribution < -0.4 is 9.47 Å². The summed E-state index contributed by atoms with van der Waals surface area (Å²) in [5, 5.41) is 10.6. The van der Waals surface area contributed by atoms with E-state index in [1.54, 1.807) is 13.2 Å². The van der Waals surface area contributed by atoms with Gasteiger partial charge in [0.15, 0.2) is 5.78 Å². The maximum atomic E-state index is 13.8. The molecular formula is C42H66NO5+. The van der Waals surface area contributed by atoms with Gasteiger partial charge in [0, 0.05) is 22.8 Å². The van der Waals surface area contributed by atoms with Crippen molar-refractivity contribution in [3.63, 3.8) is 0 Å². The highest BCUT2D eigenvalue weighted by molar-refractivity contribution is 6.30. The molecule has 1 aliphatic carbocycles. The third kappa shape index (κ3) is 11.9. The van der Waals surface area contributed by atoms with Crippen molar-refractivity contribution in [1.29, 1.82) is 0 Å². The van der Waals surface area contributed by atoms with Crippen LogP contribution in [0.5, 0.6) is 17.2 Å². The fourth-order valence-corrected chi connectivity index (χ4v) is 7.42. The molecular weight excluding hydrogens is 598 g/mol. The molecule has 0 aliphatic heterocycles. The predicted octanol–water partition coefficient (Wildman–Crippen LogP) is 11.0. The zero-order valence-corrected chi connectivity index (χ0v) is 31.1.